The van der Waals surface area contributed by atoms with Crippen molar-refractivity contribution in [2.24, 2.45) is 0 Å². The van der Waals surface area contributed by atoms with Gasteiger partial charge in [-0.1, -0.05) is 0 Å². The summed E-state index contributed by atoms with van der Waals surface area (Å²) >= 11 is 0. The first-order valence-corrected chi connectivity index (χ1v) is 10.7. The molecule has 0 spiro atoms. The van der Waals surface area contributed by atoms with E-state index in [1.165, 1.54) is 16.9 Å². The van der Waals surface area contributed by atoms with Gasteiger partial charge in [0.25, 0.3) is 0 Å². The Balaban J connectivity index is 1.77. The second kappa shape index (κ2) is 9.14. The molecule has 0 saturated carbocycles. The zero-order valence-corrected chi connectivity index (χ0v) is 18.5. The Morgan fingerprint density at radius 2 is 2.06 bits per heavy atom. The van der Waals surface area contributed by atoms with E-state index in [2.05, 4.69) is 16.2 Å². The van der Waals surface area contributed by atoms with Gasteiger partial charge in [-0.05, 0) is 32.4 Å². The molecular formula is C21H23N5O8. The third kappa shape index (κ3) is 4.19. The van der Waals surface area contributed by atoms with Crippen LogP contribution in [0.4, 0.5) is 10.6 Å². The van der Waals surface area contributed by atoms with Gasteiger partial charge in [0, 0.05) is 12.8 Å². The molecule has 13 heteroatoms. The van der Waals surface area contributed by atoms with E-state index < -0.39 is 54.7 Å². The lowest BCUT2D eigenvalue weighted by Gasteiger charge is -2.28. The highest BCUT2D eigenvalue weighted by molar-refractivity contribution is 5.74. The van der Waals surface area contributed by atoms with E-state index in [0.717, 1.165) is 0 Å². The topological polar surface area (TPSA) is 177 Å². The lowest BCUT2D eigenvalue weighted by molar-refractivity contribution is -0.166. The number of carbonyl (C=O) groups is 3. The first-order valence-electron chi connectivity index (χ1n) is 10.7. The maximum atomic E-state index is 12.5. The summed E-state index contributed by atoms with van der Waals surface area (Å²) in [4.78, 5) is 40.8. The number of carbonyl (C=O) groups excluding carboxylic acids is 3. The normalized spacial score (nSPS) is 27.1. The summed E-state index contributed by atoms with van der Waals surface area (Å²) in [6.45, 7) is 2.87. The number of fused-ring (bicyclic) bond motifs is 2. The van der Waals surface area contributed by atoms with Gasteiger partial charge in [-0.3, -0.25) is 9.59 Å². The Kier molecular flexibility index (Phi) is 6.25. The molecule has 4 heterocycles. The minimum Gasteiger partial charge on any atom is -0.455 e. The molecule has 0 aromatic carbocycles. The van der Waals surface area contributed by atoms with E-state index in [1.54, 1.807) is 19.9 Å². The molecule has 2 fully saturated rings. The number of nitriles is 1. The molecule has 0 unspecified atom stereocenters. The van der Waals surface area contributed by atoms with Crippen LogP contribution in [0, 0.1) is 11.3 Å². The van der Waals surface area contributed by atoms with Crippen molar-refractivity contribution in [2.45, 2.75) is 63.1 Å². The van der Waals surface area contributed by atoms with Crippen molar-refractivity contribution < 1.29 is 38.1 Å². The summed E-state index contributed by atoms with van der Waals surface area (Å²) in [7, 11) is 0. The molecule has 2 aromatic heterocycles. The summed E-state index contributed by atoms with van der Waals surface area (Å²) in [5, 5.41) is 14.5. The highest BCUT2D eigenvalue weighted by Crippen LogP contribution is 2.44. The number of hydrogen-bond acceptors (Lipinski definition) is 12. The van der Waals surface area contributed by atoms with Gasteiger partial charge < -0.3 is 29.4 Å². The first-order chi connectivity index (χ1) is 16.2. The molecular weight excluding hydrogens is 450 g/mol. The molecule has 34 heavy (non-hydrogen) atoms. The lowest BCUT2D eigenvalue weighted by atomic mass is 9.92. The number of aromatic nitrogens is 3. The summed E-state index contributed by atoms with van der Waals surface area (Å²) in [6, 6.07) is 5.17. The van der Waals surface area contributed by atoms with Crippen LogP contribution in [0.2, 0.25) is 0 Å². The molecule has 180 valence electrons. The molecule has 2 saturated heterocycles. The quantitative estimate of drug-likeness (QED) is 0.493. The molecule has 2 aromatic rings. The van der Waals surface area contributed by atoms with Crippen LogP contribution < -0.4 is 5.73 Å². The van der Waals surface area contributed by atoms with Crippen molar-refractivity contribution in [2.75, 3.05) is 12.3 Å². The van der Waals surface area contributed by atoms with Crippen LogP contribution in [0.5, 0.6) is 0 Å². The fraction of sp³-hybridized carbons (Fsp3) is 0.524. The summed E-state index contributed by atoms with van der Waals surface area (Å²) in [6.07, 6.45) is -3.83. The average molecular weight is 473 g/mol. The summed E-state index contributed by atoms with van der Waals surface area (Å²) < 4.78 is 28.7. The molecule has 0 aliphatic carbocycles. The van der Waals surface area contributed by atoms with Gasteiger partial charge in [0.2, 0.25) is 5.60 Å². The molecule has 0 radical (unpaired) electrons. The Bertz CT molecular complexity index is 1160. The second-order valence-electron chi connectivity index (χ2n) is 8.11. The Hall–Kier alpha value is -3.92. The average Bonchev–Trinajstić information content (AvgIpc) is 3.34. The van der Waals surface area contributed by atoms with Crippen LogP contribution in [0.15, 0.2) is 18.5 Å². The van der Waals surface area contributed by atoms with Gasteiger partial charge >= 0.3 is 18.1 Å². The van der Waals surface area contributed by atoms with E-state index in [4.69, 9.17) is 29.4 Å². The molecule has 2 aliphatic rings. The van der Waals surface area contributed by atoms with E-state index in [1.807, 2.05) is 0 Å². The van der Waals surface area contributed by atoms with Crippen LogP contribution in [-0.4, -0.2) is 63.7 Å². The number of nitrogens with two attached hydrogens (primary N) is 1. The summed E-state index contributed by atoms with van der Waals surface area (Å²) in [5.74, 6) is -1.09. The Morgan fingerprint density at radius 1 is 1.32 bits per heavy atom. The van der Waals surface area contributed by atoms with Crippen LogP contribution in [0.1, 0.15) is 38.8 Å². The summed E-state index contributed by atoms with van der Waals surface area (Å²) in [5.41, 5.74) is 4.51. The molecule has 4 rings (SSSR count). The maximum absolute atomic E-state index is 12.5. The highest BCUT2D eigenvalue weighted by Gasteiger charge is 2.63. The van der Waals surface area contributed by atoms with E-state index >= 15 is 0 Å². The van der Waals surface area contributed by atoms with Gasteiger partial charge in [-0.25, -0.2) is 14.3 Å². The number of hydrogen-bond donors (Lipinski definition) is 1. The van der Waals surface area contributed by atoms with Gasteiger partial charge in [0.05, 0.1) is 11.8 Å². The Labute approximate surface area is 193 Å². The highest BCUT2D eigenvalue weighted by atomic mass is 16.7. The molecule has 13 nitrogen and oxygen atoms in total. The number of nitrogens with zero attached hydrogens (tertiary/aromatic N) is 4. The lowest BCUT2D eigenvalue weighted by Crippen LogP contribution is -2.45. The van der Waals surface area contributed by atoms with E-state index in [0.29, 0.717) is 5.52 Å². The number of nitrogen functional groups attached to an aromatic ring is 1. The predicted molar refractivity (Wildman–Crippen MR) is 111 cm³/mol. The minimum atomic E-state index is -1.96. The first kappa shape index (κ1) is 23.2. The van der Waals surface area contributed by atoms with Gasteiger partial charge in [-0.2, -0.15) is 10.4 Å². The zero-order valence-electron chi connectivity index (χ0n) is 18.5. The SMILES string of the molecule is CC(C)OC(=O)OC[C@H]1O[C@@](C#N)(c2ccc3c(N)ncnn23)[C@@H]2OC(=O)CCCC(=O)O[C@@H]21. The number of ether oxygens (including phenoxy) is 5. The molecule has 2 N–H and O–H groups in total. The van der Waals surface area contributed by atoms with Crippen LogP contribution in [0.25, 0.3) is 5.52 Å². The van der Waals surface area contributed by atoms with Crippen molar-refractivity contribution in [3.05, 3.63) is 24.2 Å². The predicted octanol–water partition coefficient (Wildman–Crippen LogP) is 0.998. The number of anilines is 1. The van der Waals surface area contributed by atoms with Crippen molar-refractivity contribution >= 4 is 29.4 Å². The van der Waals surface area contributed by atoms with Gasteiger partial charge in [-0.15, -0.1) is 0 Å². The third-order valence-electron chi connectivity index (χ3n) is 5.42. The van der Waals surface area contributed by atoms with Crippen LogP contribution in [-0.2, 0) is 38.9 Å². The number of esters is 2. The standard InChI is InChI=1S/C21H23N5O8/c1-11(2)31-20(29)30-8-13-17-18(33-16(28)5-3-4-15(27)32-17)21(9-22,34-13)14-7-6-12-19(23)24-10-25-26(12)14/h6-7,10-11,13,17-18H,3-5,8H2,1-2H3,(H2,23,24,25)/t13-,17-,18-,21+/m1/s1. The van der Waals surface area contributed by atoms with Gasteiger partial charge in [0.15, 0.2) is 18.0 Å². The number of rotatable bonds is 4. The second-order valence-corrected chi connectivity index (χ2v) is 8.11. The van der Waals surface area contributed by atoms with Crippen LogP contribution in [0.3, 0.4) is 0 Å². The van der Waals surface area contributed by atoms with E-state index in [9.17, 15) is 19.6 Å². The van der Waals surface area contributed by atoms with Crippen LogP contribution >= 0.6 is 0 Å². The monoisotopic (exact) mass is 473 g/mol. The van der Waals surface area contributed by atoms with Crippen molar-refractivity contribution in [1.29, 1.82) is 5.26 Å². The molecule has 4 atom stereocenters. The maximum Gasteiger partial charge on any atom is 0.508 e. The zero-order chi connectivity index (χ0) is 24.5. The smallest absolute Gasteiger partial charge is 0.455 e. The van der Waals surface area contributed by atoms with Gasteiger partial charge in [0.1, 0.15) is 30.6 Å². The van der Waals surface area contributed by atoms with Crippen molar-refractivity contribution in [3.63, 3.8) is 0 Å². The minimum absolute atomic E-state index is 0.0291. The largest absolute Gasteiger partial charge is 0.508 e. The third-order valence-corrected chi connectivity index (χ3v) is 5.42. The van der Waals surface area contributed by atoms with Crippen molar-refractivity contribution in [3.8, 4) is 6.07 Å². The van der Waals surface area contributed by atoms with Crippen molar-refractivity contribution in [1.82, 2.24) is 14.6 Å². The molecule has 0 amide bonds. The fourth-order valence-corrected chi connectivity index (χ4v) is 3.97. The Morgan fingerprint density at radius 3 is 2.76 bits per heavy atom. The van der Waals surface area contributed by atoms with E-state index in [-0.39, 0.29) is 30.8 Å². The molecule has 2 aliphatic heterocycles. The fourth-order valence-electron chi connectivity index (χ4n) is 3.97. The molecule has 0 bridgehead atoms.